The Hall–Kier alpha value is -3.43. The molecule has 0 aliphatic carbocycles. The molecule has 0 atom stereocenters. The predicted molar refractivity (Wildman–Crippen MR) is 138 cm³/mol. The van der Waals surface area contributed by atoms with Crippen LogP contribution in [0.1, 0.15) is 23.6 Å². The van der Waals surface area contributed by atoms with Gasteiger partial charge in [0.15, 0.2) is 0 Å². The second-order valence-corrected chi connectivity index (χ2v) is 9.03. The third-order valence-corrected chi connectivity index (χ3v) is 6.62. The predicted octanol–water partition coefficient (Wildman–Crippen LogP) is 2.12. The van der Waals surface area contributed by atoms with E-state index in [1.54, 1.807) is 17.0 Å². The van der Waals surface area contributed by atoms with Crippen LogP contribution in [0.2, 0.25) is 0 Å². The molecule has 186 valence electrons. The van der Waals surface area contributed by atoms with Crippen molar-refractivity contribution in [2.75, 3.05) is 45.1 Å². The smallest absolute Gasteiger partial charge is 0.256 e. The molecule has 1 aromatic heterocycles. The number of benzene rings is 2. The van der Waals surface area contributed by atoms with Gasteiger partial charge >= 0.3 is 0 Å². The number of rotatable bonds is 10. The van der Waals surface area contributed by atoms with Crippen molar-refractivity contribution in [1.82, 2.24) is 30.0 Å². The second-order valence-electron chi connectivity index (χ2n) is 9.03. The maximum atomic E-state index is 13.2. The van der Waals surface area contributed by atoms with Crippen molar-refractivity contribution < 1.29 is 9.59 Å². The normalized spacial score (nSPS) is 13.1. The number of aromatic nitrogens is 2. The van der Waals surface area contributed by atoms with E-state index in [2.05, 4.69) is 33.9 Å². The summed E-state index contributed by atoms with van der Waals surface area (Å²) in [4.78, 5) is 28.0. The van der Waals surface area contributed by atoms with Crippen molar-refractivity contribution in [2.45, 2.75) is 26.9 Å². The van der Waals surface area contributed by atoms with Crippen LogP contribution in [0.4, 0.5) is 5.69 Å². The van der Waals surface area contributed by atoms with E-state index >= 15 is 0 Å². The van der Waals surface area contributed by atoms with Crippen LogP contribution in [0.25, 0.3) is 10.9 Å². The van der Waals surface area contributed by atoms with Crippen LogP contribution < -0.4 is 10.6 Å². The highest BCUT2D eigenvalue weighted by Crippen LogP contribution is 2.24. The lowest BCUT2D eigenvalue weighted by Gasteiger charge is -2.31. The SMILES string of the molecule is CCNCCN(CC(=O)N(C)N1Cc2ccccc2C1)C(=O)CNc1cc2c(cnn2C)cc1C. The van der Waals surface area contributed by atoms with Gasteiger partial charge in [-0.2, -0.15) is 5.10 Å². The summed E-state index contributed by atoms with van der Waals surface area (Å²) in [6.45, 7) is 7.48. The largest absolute Gasteiger partial charge is 0.376 e. The van der Waals surface area contributed by atoms with Crippen LogP contribution in [-0.2, 0) is 29.7 Å². The van der Waals surface area contributed by atoms with Gasteiger partial charge in [-0.1, -0.05) is 31.2 Å². The first-order valence-electron chi connectivity index (χ1n) is 12.1. The fourth-order valence-electron chi connectivity index (χ4n) is 4.42. The summed E-state index contributed by atoms with van der Waals surface area (Å²) in [7, 11) is 3.68. The number of hydrazine groups is 1. The summed E-state index contributed by atoms with van der Waals surface area (Å²) in [5.74, 6) is -0.214. The minimum absolute atomic E-state index is 0.0367. The van der Waals surface area contributed by atoms with E-state index in [1.165, 1.54) is 11.1 Å². The molecular weight excluding hydrogens is 442 g/mol. The van der Waals surface area contributed by atoms with Crippen LogP contribution >= 0.6 is 0 Å². The molecule has 2 amide bonds. The van der Waals surface area contributed by atoms with Gasteiger partial charge < -0.3 is 15.5 Å². The summed E-state index contributed by atoms with van der Waals surface area (Å²) in [6, 6.07) is 12.3. The standard InChI is InChI=1S/C26H35N7O2/c1-5-27-10-11-32(18-26(35)31(4)33-16-20-8-6-7-9-21(20)17-33)25(34)15-28-23-13-24-22(12-19(23)2)14-29-30(24)3/h6-9,12-14,27-28H,5,10-11,15-18H2,1-4H3. The van der Waals surface area contributed by atoms with E-state index < -0.39 is 0 Å². The minimum atomic E-state index is -0.112. The van der Waals surface area contributed by atoms with Crippen LogP contribution in [0.15, 0.2) is 42.6 Å². The lowest BCUT2D eigenvalue weighted by Crippen LogP contribution is -2.49. The first-order valence-corrected chi connectivity index (χ1v) is 12.1. The molecule has 1 aliphatic heterocycles. The van der Waals surface area contributed by atoms with Gasteiger partial charge in [0.25, 0.3) is 5.91 Å². The van der Waals surface area contributed by atoms with Crippen molar-refractivity contribution in [2.24, 2.45) is 7.05 Å². The molecule has 0 bridgehead atoms. The third-order valence-electron chi connectivity index (χ3n) is 6.62. The molecule has 2 N–H and O–H groups in total. The highest BCUT2D eigenvalue weighted by atomic mass is 16.2. The van der Waals surface area contributed by atoms with Gasteiger partial charge in [-0.3, -0.25) is 19.3 Å². The van der Waals surface area contributed by atoms with Crippen LogP contribution in [0.5, 0.6) is 0 Å². The quantitative estimate of drug-likeness (QED) is 0.435. The molecule has 3 aromatic rings. The van der Waals surface area contributed by atoms with Gasteiger partial charge in [-0.15, -0.1) is 0 Å². The van der Waals surface area contributed by atoms with Crippen molar-refractivity contribution >= 4 is 28.4 Å². The summed E-state index contributed by atoms with van der Waals surface area (Å²) in [6.07, 6.45) is 1.83. The summed E-state index contributed by atoms with van der Waals surface area (Å²) in [5, 5.41) is 15.6. The molecule has 0 saturated carbocycles. The van der Waals surface area contributed by atoms with Gasteiger partial charge in [-0.05, 0) is 42.3 Å². The Morgan fingerprint density at radius 3 is 2.51 bits per heavy atom. The average Bonchev–Trinajstić information content (AvgIpc) is 3.44. The van der Waals surface area contributed by atoms with E-state index in [4.69, 9.17) is 0 Å². The van der Waals surface area contributed by atoms with Crippen LogP contribution in [0.3, 0.4) is 0 Å². The fraction of sp³-hybridized carbons (Fsp3) is 0.423. The molecule has 0 radical (unpaired) electrons. The van der Waals surface area contributed by atoms with E-state index in [0.717, 1.165) is 28.7 Å². The Balaban J connectivity index is 1.39. The number of amides is 2. The maximum Gasteiger partial charge on any atom is 0.256 e. The number of hydrogen-bond acceptors (Lipinski definition) is 6. The zero-order chi connectivity index (χ0) is 24.9. The summed E-state index contributed by atoms with van der Waals surface area (Å²) >= 11 is 0. The first-order chi connectivity index (χ1) is 16.9. The van der Waals surface area contributed by atoms with Gasteiger partial charge in [0, 0.05) is 51.3 Å². The molecular formula is C26H35N7O2. The number of nitrogens with one attached hydrogen (secondary N) is 2. The molecule has 4 rings (SSSR count). The number of hydrogen-bond donors (Lipinski definition) is 2. The first kappa shape index (κ1) is 24.7. The Morgan fingerprint density at radius 1 is 1.11 bits per heavy atom. The number of aryl methyl sites for hydroxylation is 2. The van der Waals surface area contributed by atoms with Crippen molar-refractivity contribution in [1.29, 1.82) is 0 Å². The topological polar surface area (TPSA) is 85.7 Å². The molecule has 1 aliphatic rings. The number of anilines is 1. The van der Waals surface area contributed by atoms with Crippen molar-refractivity contribution in [3.05, 3.63) is 59.3 Å². The molecule has 0 unspecified atom stereocenters. The number of nitrogens with zero attached hydrogens (tertiary/aromatic N) is 5. The van der Waals surface area contributed by atoms with Gasteiger partial charge in [-0.25, -0.2) is 5.01 Å². The molecule has 35 heavy (non-hydrogen) atoms. The average molecular weight is 478 g/mol. The molecule has 0 fully saturated rings. The van der Waals surface area contributed by atoms with Gasteiger partial charge in [0.05, 0.1) is 18.3 Å². The zero-order valence-electron chi connectivity index (χ0n) is 21.0. The molecule has 9 nitrogen and oxygen atoms in total. The zero-order valence-corrected chi connectivity index (χ0v) is 21.0. The Morgan fingerprint density at radius 2 is 1.83 bits per heavy atom. The summed E-state index contributed by atoms with van der Waals surface area (Å²) < 4.78 is 1.82. The minimum Gasteiger partial charge on any atom is -0.376 e. The van der Waals surface area contributed by atoms with Crippen LogP contribution in [0, 0.1) is 6.92 Å². The van der Waals surface area contributed by atoms with E-state index in [-0.39, 0.29) is 24.9 Å². The van der Waals surface area contributed by atoms with E-state index in [1.807, 2.05) is 55.0 Å². The number of carbonyl (C=O) groups excluding carboxylic acids is 2. The number of fused-ring (bicyclic) bond motifs is 2. The highest BCUT2D eigenvalue weighted by molar-refractivity contribution is 5.88. The fourth-order valence-corrected chi connectivity index (χ4v) is 4.42. The Labute approximate surface area is 206 Å². The molecule has 2 aromatic carbocycles. The Bertz CT molecular complexity index is 1180. The number of likely N-dealkylation sites (N-methyl/N-ethyl adjacent to an activating group) is 2. The maximum absolute atomic E-state index is 13.2. The van der Waals surface area contributed by atoms with Gasteiger partial charge in [0.2, 0.25) is 5.91 Å². The molecule has 0 spiro atoms. The second kappa shape index (κ2) is 10.9. The highest BCUT2D eigenvalue weighted by Gasteiger charge is 2.27. The third kappa shape index (κ3) is 5.63. The summed E-state index contributed by atoms with van der Waals surface area (Å²) in [5.41, 5.74) is 5.40. The Kier molecular flexibility index (Phi) is 7.67. The van der Waals surface area contributed by atoms with E-state index in [0.29, 0.717) is 26.2 Å². The van der Waals surface area contributed by atoms with E-state index in [9.17, 15) is 9.59 Å². The molecule has 0 saturated heterocycles. The van der Waals surface area contributed by atoms with Crippen molar-refractivity contribution in [3.63, 3.8) is 0 Å². The lowest BCUT2D eigenvalue weighted by atomic mass is 10.1. The van der Waals surface area contributed by atoms with Gasteiger partial charge in [0.1, 0.15) is 6.54 Å². The molecule has 9 heteroatoms. The lowest BCUT2D eigenvalue weighted by molar-refractivity contribution is -0.151. The monoisotopic (exact) mass is 477 g/mol. The van der Waals surface area contributed by atoms with Crippen LogP contribution in [-0.4, -0.2) is 76.3 Å². The van der Waals surface area contributed by atoms with Crippen molar-refractivity contribution in [3.8, 4) is 0 Å². The molecule has 2 heterocycles. The number of carbonyl (C=O) groups is 2.